The third kappa shape index (κ3) is 56.2. The Morgan fingerprint density at radius 3 is 1.08 bits per heavy atom. The van der Waals surface area contributed by atoms with Crippen LogP contribution < -0.4 is 0 Å². The summed E-state index contributed by atoms with van der Waals surface area (Å²) in [7, 11) is 2.89. The second-order valence-electron chi connectivity index (χ2n) is 31.8. The first-order valence-corrected chi connectivity index (χ1v) is 36.9. The molecule has 6 unspecified atom stereocenters. The summed E-state index contributed by atoms with van der Waals surface area (Å²) in [6.45, 7) is 71.7. The van der Waals surface area contributed by atoms with E-state index in [4.69, 9.17) is 28.4 Å². The molecule has 0 radical (unpaired) electrons. The van der Waals surface area contributed by atoms with Gasteiger partial charge in [-0.1, -0.05) is 117 Å². The number of carbonyl (C=O) groups excluding carboxylic acids is 6. The monoisotopic (exact) mass is 1360 g/mol. The standard InChI is InChI=1S/3C15H28O2.C14H26O2.C13H24O2.C12H22O2/c1-8-12(9-2)10-11-15(6,7)13(16)17-14(3,4)5;1-7-13(8-2)9-10-15(5,6)14(16)17-11-12(3)4;1-7-12(4)17-14(16)15(5,6)11-10-13(8-2)9-3;1-6-7-8-9-10-11-12(2)13(15)16-14(3,4)5;1-6-11(2)9-7-8-10-13(3,4)12(14)15-5;1-6-10(7-2)8-9-12(3,4)11(13)14-5/h8,12H,1,9-11H2,2-7H3;7,12-13H,1,8-11H2,2-6H3;8,12-13H,2,7,9-11H2,1,3-6H3;7-8,12H,6,9-11H2,1-5H3;9H,6-8,10H2,1-5H3;6,10H,1,7-9H2,2-5H3/b;;;8-7+;11-9+;. The Balaban J connectivity index is -0.000000253. The molecule has 0 N–H and O–H groups in total. The normalized spacial score (nSPS) is 13.9. The van der Waals surface area contributed by atoms with Crippen LogP contribution in [0.4, 0.5) is 0 Å². The fraction of sp³-hybridized carbons (Fsp3) is 0.786. The van der Waals surface area contributed by atoms with Crippen molar-refractivity contribution in [1.82, 2.24) is 0 Å². The first-order valence-electron chi connectivity index (χ1n) is 36.9. The highest BCUT2D eigenvalue weighted by Gasteiger charge is 2.34. The SMILES string of the molecule is C=CC(CC)CCC(C)(C)C(=O)OC.C=CC(CC)CCC(C)(C)C(=O)OC(C)(C)C.C=CC(CC)CCC(C)(C)C(=O)OC(C)CC.C=CC(CC)CCC(C)(C)C(=O)OCC(C)C.CC/C(C)=C/CCCC(C)(C)C(=O)OC.CC/C=C/CCCC(C)C(=O)OC(C)(C)C. The lowest BCUT2D eigenvalue weighted by Gasteiger charge is -2.29. The van der Waals surface area contributed by atoms with Crippen LogP contribution in [0.2, 0.25) is 0 Å². The molecule has 6 atom stereocenters. The quantitative estimate of drug-likeness (QED) is 0.0248. The molecule has 564 valence electrons. The molecule has 0 aromatic heterocycles. The Morgan fingerprint density at radius 1 is 0.417 bits per heavy atom. The maximum Gasteiger partial charge on any atom is 0.312 e. The first-order chi connectivity index (χ1) is 44.1. The zero-order valence-electron chi connectivity index (χ0n) is 68.4. The van der Waals surface area contributed by atoms with Crippen molar-refractivity contribution in [2.24, 2.45) is 62.6 Å². The highest BCUT2D eigenvalue weighted by molar-refractivity contribution is 5.77. The summed E-state index contributed by atoms with van der Waals surface area (Å²) < 4.78 is 31.0. The molecule has 0 aromatic rings. The van der Waals surface area contributed by atoms with Gasteiger partial charge in [-0.25, -0.2) is 0 Å². The predicted octanol–water partition coefficient (Wildman–Crippen LogP) is 23.9. The minimum atomic E-state index is -0.413. The van der Waals surface area contributed by atoms with Crippen molar-refractivity contribution in [2.45, 2.75) is 346 Å². The molecule has 0 fully saturated rings. The molecule has 0 saturated heterocycles. The lowest BCUT2D eigenvalue weighted by atomic mass is 9.84. The fourth-order valence-corrected chi connectivity index (χ4v) is 8.87. The van der Waals surface area contributed by atoms with Gasteiger partial charge in [-0.15, -0.1) is 26.3 Å². The zero-order chi connectivity index (χ0) is 76.3. The van der Waals surface area contributed by atoms with Crippen LogP contribution in [0.5, 0.6) is 0 Å². The van der Waals surface area contributed by atoms with Crippen molar-refractivity contribution in [2.75, 3.05) is 20.8 Å². The van der Waals surface area contributed by atoms with Gasteiger partial charge in [0.2, 0.25) is 0 Å². The summed E-state index contributed by atoms with van der Waals surface area (Å²) in [5, 5.41) is 0. The number of carbonyl (C=O) groups is 6. The molecule has 0 aromatic carbocycles. The molecule has 0 spiro atoms. The van der Waals surface area contributed by atoms with E-state index in [1.54, 1.807) is 0 Å². The molecule has 0 heterocycles. The van der Waals surface area contributed by atoms with Crippen molar-refractivity contribution < 1.29 is 57.2 Å². The number of ether oxygens (including phenoxy) is 6. The summed E-state index contributed by atoms with van der Waals surface area (Å²) in [5.74, 6) is 1.84. The van der Waals surface area contributed by atoms with Gasteiger partial charge >= 0.3 is 35.8 Å². The molecule has 12 nitrogen and oxygen atoms in total. The molecule has 12 heteroatoms. The molecular weight excluding hydrogens is 1200 g/mol. The second-order valence-corrected chi connectivity index (χ2v) is 31.8. The molecule has 0 aliphatic rings. The van der Waals surface area contributed by atoms with Crippen LogP contribution in [-0.4, -0.2) is 73.9 Å². The Kier molecular flexibility index (Phi) is 58.7. The van der Waals surface area contributed by atoms with Gasteiger partial charge in [0.05, 0.1) is 59.9 Å². The minimum absolute atomic E-state index is 0.00857. The van der Waals surface area contributed by atoms with Crippen LogP contribution in [0.25, 0.3) is 0 Å². The molecule has 0 rings (SSSR count). The van der Waals surface area contributed by atoms with Crippen molar-refractivity contribution in [1.29, 1.82) is 0 Å². The number of allylic oxidation sites excluding steroid dienone is 8. The van der Waals surface area contributed by atoms with E-state index in [1.165, 1.54) is 19.8 Å². The molecule has 0 bridgehead atoms. The van der Waals surface area contributed by atoms with Gasteiger partial charge in [0, 0.05) is 0 Å². The maximum atomic E-state index is 12.0. The van der Waals surface area contributed by atoms with Gasteiger partial charge in [0.25, 0.3) is 0 Å². The minimum Gasteiger partial charge on any atom is -0.469 e. The maximum absolute atomic E-state index is 12.0. The molecular formula is C84H156O12. The predicted molar refractivity (Wildman–Crippen MR) is 409 cm³/mol. The zero-order valence-corrected chi connectivity index (χ0v) is 68.4. The van der Waals surface area contributed by atoms with Gasteiger partial charge in [0.15, 0.2) is 0 Å². The number of hydrogen-bond donors (Lipinski definition) is 0. The van der Waals surface area contributed by atoms with Crippen molar-refractivity contribution in [3.8, 4) is 0 Å². The van der Waals surface area contributed by atoms with E-state index in [-0.39, 0.29) is 75.1 Å². The summed E-state index contributed by atoms with van der Waals surface area (Å²) in [5.41, 5.74) is -1.25. The van der Waals surface area contributed by atoms with Crippen LogP contribution >= 0.6 is 0 Å². The second kappa shape index (κ2) is 55.1. The average molecular weight is 1360 g/mol. The average Bonchev–Trinajstić information content (AvgIpc) is 1.00. The lowest BCUT2D eigenvalue weighted by Crippen LogP contribution is -2.34. The molecule has 96 heavy (non-hydrogen) atoms. The van der Waals surface area contributed by atoms with E-state index in [0.29, 0.717) is 36.2 Å². The van der Waals surface area contributed by atoms with E-state index < -0.39 is 11.0 Å². The third-order valence-corrected chi connectivity index (χ3v) is 17.2. The van der Waals surface area contributed by atoms with E-state index in [0.717, 1.165) is 135 Å². The number of rotatable bonds is 40. The van der Waals surface area contributed by atoms with E-state index >= 15 is 0 Å². The van der Waals surface area contributed by atoms with E-state index in [1.807, 2.05) is 170 Å². The highest BCUT2D eigenvalue weighted by Crippen LogP contribution is 2.33. The van der Waals surface area contributed by atoms with Crippen molar-refractivity contribution in [3.63, 3.8) is 0 Å². The number of methoxy groups -OCH3 is 2. The summed E-state index contributed by atoms with van der Waals surface area (Å²) in [6, 6.07) is 0. The van der Waals surface area contributed by atoms with Crippen molar-refractivity contribution in [3.05, 3.63) is 74.4 Å². The third-order valence-electron chi connectivity index (χ3n) is 17.2. The summed E-state index contributed by atoms with van der Waals surface area (Å²) >= 11 is 0. The highest BCUT2D eigenvalue weighted by atomic mass is 16.6. The van der Waals surface area contributed by atoms with Crippen LogP contribution in [0.3, 0.4) is 0 Å². The van der Waals surface area contributed by atoms with Gasteiger partial charge < -0.3 is 28.4 Å². The van der Waals surface area contributed by atoms with Crippen LogP contribution in [0.1, 0.15) is 329 Å². The molecule has 0 amide bonds. The van der Waals surface area contributed by atoms with E-state index in [9.17, 15) is 28.8 Å². The van der Waals surface area contributed by atoms with Gasteiger partial charge in [0.1, 0.15) is 11.2 Å². The van der Waals surface area contributed by atoms with E-state index in [2.05, 4.69) is 93.0 Å². The topological polar surface area (TPSA) is 158 Å². The van der Waals surface area contributed by atoms with Gasteiger partial charge in [-0.3, -0.25) is 28.8 Å². The Bertz CT molecular complexity index is 2170. The lowest BCUT2D eigenvalue weighted by molar-refractivity contribution is -0.166. The Hall–Kier alpha value is -4.74. The molecule has 0 saturated carbocycles. The van der Waals surface area contributed by atoms with Gasteiger partial charge in [-0.2, -0.15) is 0 Å². The van der Waals surface area contributed by atoms with Crippen LogP contribution in [0.15, 0.2) is 74.4 Å². The smallest absolute Gasteiger partial charge is 0.312 e. The number of esters is 6. The van der Waals surface area contributed by atoms with Crippen molar-refractivity contribution >= 4 is 35.8 Å². The molecule has 0 aliphatic heterocycles. The summed E-state index contributed by atoms with van der Waals surface area (Å²) in [6.07, 6.45) is 35.3. The Morgan fingerprint density at radius 2 is 0.771 bits per heavy atom. The molecule has 0 aliphatic carbocycles. The van der Waals surface area contributed by atoms with Crippen LogP contribution in [0, 0.1) is 62.6 Å². The van der Waals surface area contributed by atoms with Gasteiger partial charge in [-0.05, 0) is 289 Å². The Labute approximate surface area is 594 Å². The number of hydrogen-bond acceptors (Lipinski definition) is 12. The number of unbranched alkanes of at least 4 members (excludes halogenated alkanes) is 2. The van der Waals surface area contributed by atoms with Crippen LogP contribution in [-0.2, 0) is 57.2 Å². The summed E-state index contributed by atoms with van der Waals surface area (Å²) in [4.78, 5) is 70.3. The largest absolute Gasteiger partial charge is 0.469 e. The fourth-order valence-electron chi connectivity index (χ4n) is 8.87. The first kappa shape index (κ1) is 102.